The molecule has 0 amide bonds. The summed E-state index contributed by atoms with van der Waals surface area (Å²) in [6.07, 6.45) is -3.70. The predicted molar refractivity (Wildman–Crippen MR) is 135 cm³/mol. The second-order valence-electron chi connectivity index (χ2n) is 9.80. The van der Waals surface area contributed by atoms with Gasteiger partial charge < -0.3 is 5.11 Å². The molecule has 10 heteroatoms. The fourth-order valence-electron chi connectivity index (χ4n) is 5.07. The van der Waals surface area contributed by atoms with Crippen LogP contribution in [0.5, 0.6) is 0 Å². The van der Waals surface area contributed by atoms with Gasteiger partial charge in [-0.3, -0.25) is 0 Å². The van der Waals surface area contributed by atoms with Gasteiger partial charge in [0.25, 0.3) is 0 Å². The van der Waals surface area contributed by atoms with Crippen molar-refractivity contribution in [2.75, 3.05) is 0 Å². The Balaban J connectivity index is 1.52. The van der Waals surface area contributed by atoms with Gasteiger partial charge in [-0.1, -0.05) is 48.0 Å². The van der Waals surface area contributed by atoms with E-state index in [-0.39, 0.29) is 24.6 Å². The van der Waals surface area contributed by atoms with Crippen molar-refractivity contribution in [1.82, 2.24) is 14.8 Å². The van der Waals surface area contributed by atoms with Gasteiger partial charge >= 0.3 is 12.1 Å². The number of hydrogen-bond acceptors (Lipinski definition) is 3. The van der Waals surface area contributed by atoms with Crippen LogP contribution in [0.25, 0.3) is 28.2 Å². The number of nitrogens with zero attached hydrogens (tertiary/aromatic N) is 3. The molecule has 5 nitrogen and oxygen atoms in total. The minimum absolute atomic E-state index is 0.0714. The van der Waals surface area contributed by atoms with E-state index in [9.17, 15) is 31.9 Å². The third-order valence-electron chi connectivity index (χ3n) is 7.08. The third kappa shape index (κ3) is 5.41. The first-order valence-electron chi connectivity index (χ1n) is 12.4. The number of carboxylic acids is 1. The molecule has 0 atom stereocenters. The van der Waals surface area contributed by atoms with Crippen molar-refractivity contribution in [2.45, 2.75) is 50.6 Å². The molecule has 2 aromatic heterocycles. The van der Waals surface area contributed by atoms with Crippen molar-refractivity contribution in [1.29, 1.82) is 0 Å². The van der Waals surface area contributed by atoms with E-state index in [2.05, 4.69) is 10.1 Å². The van der Waals surface area contributed by atoms with Crippen LogP contribution in [0.15, 0.2) is 66.9 Å². The van der Waals surface area contributed by atoms with E-state index in [1.807, 2.05) is 49.4 Å². The van der Waals surface area contributed by atoms with Crippen LogP contribution >= 0.6 is 0 Å². The molecule has 0 unspecified atom stereocenters. The summed E-state index contributed by atoms with van der Waals surface area (Å²) in [6.45, 7) is 1.88. The van der Waals surface area contributed by atoms with Crippen LogP contribution in [-0.2, 0) is 6.18 Å². The Morgan fingerprint density at radius 3 is 2.33 bits per heavy atom. The zero-order chi connectivity index (χ0) is 27.9. The van der Waals surface area contributed by atoms with Crippen molar-refractivity contribution in [3.05, 3.63) is 89.2 Å². The average Bonchev–Trinajstić information content (AvgIpc) is 3.36. The molecule has 0 saturated heterocycles. The number of carbonyl (C=O) groups is 1. The van der Waals surface area contributed by atoms with Crippen LogP contribution in [0.3, 0.4) is 0 Å². The lowest BCUT2D eigenvalue weighted by molar-refractivity contribution is -0.143. The first kappa shape index (κ1) is 26.5. The number of rotatable bonds is 5. The highest BCUT2D eigenvalue weighted by molar-refractivity contribution is 5.89. The molecule has 2 aromatic carbocycles. The van der Waals surface area contributed by atoms with E-state index in [1.165, 1.54) is 12.1 Å². The molecule has 39 heavy (non-hydrogen) atoms. The topological polar surface area (TPSA) is 68.0 Å². The Bertz CT molecular complexity index is 1520. The first-order chi connectivity index (χ1) is 18.4. The Labute approximate surface area is 220 Å². The molecular weight excluding hydrogens is 517 g/mol. The summed E-state index contributed by atoms with van der Waals surface area (Å²) < 4.78 is 68.9. The maximum Gasteiger partial charge on any atom is 0.434 e. The number of aromatic carboxylic acids is 1. The molecule has 1 aliphatic rings. The number of carboxylic acid groups (broad SMARTS) is 1. The van der Waals surface area contributed by atoms with E-state index < -0.39 is 29.3 Å². The van der Waals surface area contributed by atoms with Gasteiger partial charge in [0.05, 0.1) is 11.9 Å². The number of hydrogen-bond donors (Lipinski definition) is 1. The lowest BCUT2D eigenvalue weighted by Crippen LogP contribution is -2.23. The van der Waals surface area contributed by atoms with Gasteiger partial charge in [0.2, 0.25) is 5.92 Å². The van der Waals surface area contributed by atoms with Crippen molar-refractivity contribution in [2.24, 2.45) is 0 Å². The van der Waals surface area contributed by atoms with E-state index in [1.54, 1.807) is 6.07 Å². The quantitative estimate of drug-likeness (QED) is 0.261. The van der Waals surface area contributed by atoms with Gasteiger partial charge in [0.1, 0.15) is 5.56 Å². The molecule has 0 spiro atoms. The molecule has 0 bridgehead atoms. The summed E-state index contributed by atoms with van der Waals surface area (Å²) in [5.41, 5.74) is 2.19. The van der Waals surface area contributed by atoms with Gasteiger partial charge in [0, 0.05) is 18.4 Å². The fraction of sp³-hybridized carbons (Fsp3) is 0.276. The van der Waals surface area contributed by atoms with Crippen molar-refractivity contribution in [3.8, 4) is 28.2 Å². The predicted octanol–water partition coefficient (Wildman–Crippen LogP) is 7.92. The zero-order valence-corrected chi connectivity index (χ0v) is 20.8. The molecule has 0 aliphatic heterocycles. The Kier molecular flexibility index (Phi) is 6.74. The average molecular weight is 542 g/mol. The van der Waals surface area contributed by atoms with Crippen LogP contribution in [0, 0.1) is 6.92 Å². The second-order valence-corrected chi connectivity index (χ2v) is 9.80. The van der Waals surface area contributed by atoms with Gasteiger partial charge in [0.15, 0.2) is 11.5 Å². The van der Waals surface area contributed by atoms with E-state index >= 15 is 0 Å². The number of alkyl halides is 5. The molecule has 1 aliphatic carbocycles. The minimum Gasteiger partial charge on any atom is -0.478 e. The normalized spacial score (nSPS) is 15.8. The number of benzene rings is 2. The molecule has 5 rings (SSSR count). The van der Waals surface area contributed by atoms with Crippen LogP contribution in [-0.4, -0.2) is 31.8 Å². The summed E-state index contributed by atoms with van der Waals surface area (Å²) >= 11 is 0. The van der Waals surface area contributed by atoms with Gasteiger partial charge in [-0.05, 0) is 60.6 Å². The highest BCUT2D eigenvalue weighted by atomic mass is 19.4. The lowest BCUT2D eigenvalue weighted by Gasteiger charge is -2.28. The highest BCUT2D eigenvalue weighted by Gasteiger charge is 2.41. The van der Waals surface area contributed by atoms with Gasteiger partial charge in [-0.2, -0.15) is 18.3 Å². The largest absolute Gasteiger partial charge is 0.478 e. The molecule has 4 aromatic rings. The summed E-state index contributed by atoms with van der Waals surface area (Å²) in [6, 6.07) is 17.9. The Hall–Kier alpha value is -4.08. The van der Waals surface area contributed by atoms with E-state index in [0.29, 0.717) is 35.0 Å². The Morgan fingerprint density at radius 2 is 1.69 bits per heavy atom. The summed E-state index contributed by atoms with van der Waals surface area (Å²) in [4.78, 5) is 15.8. The molecule has 1 saturated carbocycles. The molecule has 2 heterocycles. The lowest BCUT2D eigenvalue weighted by atomic mass is 9.82. The minimum atomic E-state index is -4.97. The SMILES string of the molecule is Cc1ccc(-c2ccc(C3CCC(F)(F)CC3)cc2)c(-c2cccc(-n3ncc(C(=O)O)c3C(F)(F)F)n2)c1. The molecule has 202 valence electrons. The third-order valence-corrected chi connectivity index (χ3v) is 7.08. The van der Waals surface area contributed by atoms with Crippen molar-refractivity contribution in [3.63, 3.8) is 0 Å². The maximum atomic E-state index is 13.8. The van der Waals surface area contributed by atoms with Crippen molar-refractivity contribution < 1.29 is 31.9 Å². The second kappa shape index (κ2) is 9.91. The van der Waals surface area contributed by atoms with Crippen LogP contribution < -0.4 is 0 Å². The number of pyridine rings is 1. The summed E-state index contributed by atoms with van der Waals surface area (Å²) in [5, 5.41) is 12.9. The van der Waals surface area contributed by atoms with E-state index in [0.717, 1.165) is 22.3 Å². The van der Waals surface area contributed by atoms with Gasteiger partial charge in [-0.15, -0.1) is 0 Å². The Morgan fingerprint density at radius 1 is 1.00 bits per heavy atom. The molecular formula is C29H24F5N3O2. The summed E-state index contributed by atoms with van der Waals surface area (Å²) in [7, 11) is 0. The van der Waals surface area contributed by atoms with Crippen LogP contribution in [0.2, 0.25) is 0 Å². The van der Waals surface area contributed by atoms with Crippen LogP contribution in [0.4, 0.5) is 22.0 Å². The van der Waals surface area contributed by atoms with E-state index in [4.69, 9.17) is 0 Å². The standard InChI is InChI=1S/C29H24F5N3O2/c1-17-5-10-21(20-8-6-18(7-9-20)19-11-13-28(30,31)14-12-19)22(15-17)24-3-2-4-25(36-24)37-26(29(32,33)34)23(16-35-37)27(38)39/h2-10,15-16,19H,11-14H2,1H3,(H,38,39). The first-order valence-corrected chi connectivity index (χ1v) is 12.4. The number of halogens is 5. The molecule has 1 fully saturated rings. The van der Waals surface area contributed by atoms with Gasteiger partial charge in [-0.25, -0.2) is 23.2 Å². The number of aryl methyl sites for hydroxylation is 1. The highest BCUT2D eigenvalue weighted by Crippen LogP contribution is 2.42. The van der Waals surface area contributed by atoms with Crippen LogP contribution in [0.1, 0.15) is 58.8 Å². The number of aromatic nitrogens is 3. The maximum absolute atomic E-state index is 13.8. The molecule has 1 N–H and O–H groups in total. The molecule has 0 radical (unpaired) electrons. The monoisotopic (exact) mass is 541 g/mol. The summed E-state index contributed by atoms with van der Waals surface area (Å²) in [5.74, 6) is -4.44. The smallest absolute Gasteiger partial charge is 0.434 e. The zero-order valence-electron chi connectivity index (χ0n) is 20.8. The fourth-order valence-corrected chi connectivity index (χ4v) is 5.07. The van der Waals surface area contributed by atoms with Crippen molar-refractivity contribution >= 4 is 5.97 Å².